The van der Waals surface area contributed by atoms with E-state index in [0.29, 0.717) is 16.6 Å². The van der Waals surface area contributed by atoms with Gasteiger partial charge in [0.05, 0.1) is 13.2 Å². The standard InChI is InChI=1S/C27H26BrN3O3S/c1-15-5-11-21(16(2)13-15)29-25(32)23-24-20-14-19(33-4)10-12-22(20)34-27(23,3)31(26(35)30-24)18-8-6-17(28)7-9-18/h5-14,23-24H,1-4H3,(H,29,32)(H,30,35)/t23-,24-,27+/m1/s1. The fourth-order valence-corrected chi connectivity index (χ4v) is 5.71. The van der Waals surface area contributed by atoms with E-state index in [0.717, 1.165) is 32.5 Å². The number of nitrogens with zero attached hydrogens (tertiary/aromatic N) is 1. The molecule has 2 heterocycles. The van der Waals surface area contributed by atoms with Crippen molar-refractivity contribution in [2.45, 2.75) is 32.5 Å². The zero-order valence-corrected chi connectivity index (χ0v) is 22.3. The molecule has 1 amide bonds. The molecule has 8 heteroatoms. The summed E-state index contributed by atoms with van der Waals surface area (Å²) in [6.45, 7) is 5.95. The first-order valence-electron chi connectivity index (χ1n) is 11.3. The van der Waals surface area contributed by atoms with Gasteiger partial charge in [-0.25, -0.2) is 0 Å². The highest BCUT2D eigenvalue weighted by atomic mass is 79.9. The lowest BCUT2D eigenvalue weighted by atomic mass is 9.78. The number of ether oxygens (including phenoxy) is 2. The van der Waals surface area contributed by atoms with Crippen LogP contribution in [-0.4, -0.2) is 23.9 Å². The van der Waals surface area contributed by atoms with Gasteiger partial charge in [0.2, 0.25) is 5.91 Å². The summed E-state index contributed by atoms with van der Waals surface area (Å²) < 4.78 is 13.1. The number of carbonyl (C=O) groups is 1. The van der Waals surface area contributed by atoms with Gasteiger partial charge >= 0.3 is 0 Å². The Morgan fingerprint density at radius 2 is 1.89 bits per heavy atom. The average molecular weight is 552 g/mol. The minimum Gasteiger partial charge on any atom is -0.497 e. The first kappa shape index (κ1) is 23.6. The fraction of sp³-hybridized carbons (Fsp3) is 0.259. The Hall–Kier alpha value is -3.10. The molecule has 0 radical (unpaired) electrons. The fourth-order valence-electron chi connectivity index (χ4n) is 5.03. The van der Waals surface area contributed by atoms with Crippen molar-refractivity contribution >= 4 is 50.5 Å². The number of rotatable bonds is 4. The van der Waals surface area contributed by atoms with Crippen molar-refractivity contribution in [3.63, 3.8) is 0 Å². The van der Waals surface area contributed by atoms with Crippen LogP contribution < -0.4 is 25.0 Å². The molecule has 2 aliphatic rings. The smallest absolute Gasteiger partial charge is 0.236 e. The topological polar surface area (TPSA) is 62.8 Å². The number of halogens is 1. The number of amides is 1. The minimum atomic E-state index is -1.08. The number of nitrogens with one attached hydrogen (secondary N) is 2. The highest BCUT2D eigenvalue weighted by molar-refractivity contribution is 9.10. The SMILES string of the molecule is COc1ccc2c(c1)[C@H]1NC(=S)N(c3ccc(Br)cc3)[C@@](C)(O2)[C@H]1C(=O)Nc1ccc(C)cc1C. The molecule has 5 rings (SSSR count). The Bertz CT molecular complexity index is 1330. The maximum Gasteiger partial charge on any atom is 0.236 e. The maximum absolute atomic E-state index is 14.0. The molecule has 1 fully saturated rings. The molecule has 1 saturated heterocycles. The molecular formula is C27H26BrN3O3S. The molecule has 0 aromatic heterocycles. The number of aryl methyl sites for hydroxylation is 2. The van der Waals surface area contributed by atoms with Crippen LogP contribution in [0.1, 0.15) is 29.7 Å². The van der Waals surface area contributed by atoms with E-state index in [9.17, 15) is 4.79 Å². The second-order valence-electron chi connectivity index (χ2n) is 9.08. The number of anilines is 2. The zero-order chi connectivity index (χ0) is 24.9. The van der Waals surface area contributed by atoms with Crippen LogP contribution in [0.2, 0.25) is 0 Å². The normalized spacial score (nSPS) is 22.5. The Kier molecular flexibility index (Phi) is 5.97. The summed E-state index contributed by atoms with van der Waals surface area (Å²) in [5, 5.41) is 7.07. The molecule has 3 aromatic rings. The van der Waals surface area contributed by atoms with E-state index in [4.69, 9.17) is 21.7 Å². The van der Waals surface area contributed by atoms with Gasteiger partial charge in [-0.05, 0) is 87.1 Å². The lowest BCUT2D eigenvalue weighted by molar-refractivity contribution is -0.130. The highest BCUT2D eigenvalue weighted by Gasteiger charge is 2.59. The summed E-state index contributed by atoms with van der Waals surface area (Å²) in [7, 11) is 1.62. The summed E-state index contributed by atoms with van der Waals surface area (Å²) in [5.41, 5.74) is 3.50. The van der Waals surface area contributed by atoms with Gasteiger partial charge in [-0.2, -0.15) is 0 Å². The van der Waals surface area contributed by atoms with Gasteiger partial charge < -0.3 is 20.1 Å². The van der Waals surface area contributed by atoms with Crippen molar-refractivity contribution in [1.29, 1.82) is 0 Å². The van der Waals surface area contributed by atoms with Gasteiger partial charge in [-0.1, -0.05) is 33.6 Å². The van der Waals surface area contributed by atoms with E-state index < -0.39 is 17.7 Å². The van der Waals surface area contributed by atoms with Gasteiger partial charge in [-0.15, -0.1) is 0 Å². The van der Waals surface area contributed by atoms with Crippen LogP contribution in [0, 0.1) is 19.8 Å². The Morgan fingerprint density at radius 1 is 1.14 bits per heavy atom. The van der Waals surface area contributed by atoms with Crippen LogP contribution >= 0.6 is 28.1 Å². The van der Waals surface area contributed by atoms with Crippen LogP contribution in [0.3, 0.4) is 0 Å². The van der Waals surface area contributed by atoms with Crippen LogP contribution in [-0.2, 0) is 4.79 Å². The number of hydrogen-bond donors (Lipinski definition) is 2. The summed E-state index contributed by atoms with van der Waals surface area (Å²) in [6, 6.07) is 19.0. The average Bonchev–Trinajstić information content (AvgIpc) is 2.81. The number of methoxy groups -OCH3 is 1. The van der Waals surface area contributed by atoms with Crippen molar-refractivity contribution in [2.75, 3.05) is 17.3 Å². The molecule has 3 aromatic carbocycles. The van der Waals surface area contributed by atoms with Gasteiger partial charge in [0.15, 0.2) is 10.8 Å². The monoisotopic (exact) mass is 551 g/mol. The maximum atomic E-state index is 14.0. The number of hydrogen-bond acceptors (Lipinski definition) is 4. The van der Waals surface area contributed by atoms with E-state index in [1.807, 2.05) is 80.3 Å². The number of carbonyl (C=O) groups excluding carboxylic acids is 1. The van der Waals surface area contributed by atoms with Gasteiger partial charge in [0.25, 0.3) is 0 Å². The third-order valence-corrected chi connectivity index (χ3v) is 7.54. The third-order valence-electron chi connectivity index (χ3n) is 6.71. The molecule has 2 bridgehead atoms. The molecule has 0 spiro atoms. The largest absolute Gasteiger partial charge is 0.497 e. The molecular weight excluding hydrogens is 526 g/mol. The van der Waals surface area contributed by atoms with E-state index in [1.165, 1.54) is 0 Å². The lowest BCUT2D eigenvalue weighted by Gasteiger charge is -2.56. The highest BCUT2D eigenvalue weighted by Crippen LogP contribution is 2.50. The molecule has 2 N–H and O–H groups in total. The molecule has 6 nitrogen and oxygen atoms in total. The van der Waals surface area contributed by atoms with E-state index >= 15 is 0 Å². The van der Waals surface area contributed by atoms with Crippen LogP contribution in [0.25, 0.3) is 0 Å². The second kappa shape index (κ2) is 8.84. The first-order chi connectivity index (χ1) is 16.7. The molecule has 0 aliphatic carbocycles. The number of benzene rings is 3. The second-order valence-corrected chi connectivity index (χ2v) is 10.4. The Morgan fingerprint density at radius 3 is 2.57 bits per heavy atom. The minimum absolute atomic E-state index is 0.157. The van der Waals surface area contributed by atoms with E-state index in [1.54, 1.807) is 7.11 Å². The molecule has 35 heavy (non-hydrogen) atoms. The van der Waals surface area contributed by atoms with Crippen molar-refractivity contribution < 1.29 is 14.3 Å². The molecule has 2 aliphatic heterocycles. The van der Waals surface area contributed by atoms with Gasteiger partial charge in [0.1, 0.15) is 17.4 Å². The Balaban J connectivity index is 1.63. The summed E-state index contributed by atoms with van der Waals surface area (Å²) in [4.78, 5) is 15.9. The zero-order valence-electron chi connectivity index (χ0n) is 19.9. The molecule has 3 atom stereocenters. The lowest BCUT2D eigenvalue weighted by Crippen LogP contribution is -2.72. The quantitative estimate of drug-likeness (QED) is 0.395. The summed E-state index contributed by atoms with van der Waals surface area (Å²) >= 11 is 9.32. The first-order valence-corrected chi connectivity index (χ1v) is 12.5. The van der Waals surface area contributed by atoms with Crippen molar-refractivity contribution in [3.8, 4) is 11.5 Å². The van der Waals surface area contributed by atoms with Gasteiger partial charge in [0, 0.05) is 21.4 Å². The Labute approximate surface area is 218 Å². The van der Waals surface area contributed by atoms with E-state index in [-0.39, 0.29) is 5.91 Å². The third kappa shape index (κ3) is 4.04. The summed E-state index contributed by atoms with van der Waals surface area (Å²) in [6.07, 6.45) is 0. The summed E-state index contributed by atoms with van der Waals surface area (Å²) in [5.74, 6) is 0.590. The predicted octanol–water partition coefficient (Wildman–Crippen LogP) is 5.87. The molecule has 0 unspecified atom stereocenters. The van der Waals surface area contributed by atoms with Crippen molar-refractivity contribution in [1.82, 2.24) is 5.32 Å². The van der Waals surface area contributed by atoms with Crippen LogP contribution in [0.5, 0.6) is 11.5 Å². The molecule has 0 saturated carbocycles. The predicted molar refractivity (Wildman–Crippen MR) is 145 cm³/mol. The van der Waals surface area contributed by atoms with Crippen LogP contribution in [0.15, 0.2) is 65.1 Å². The van der Waals surface area contributed by atoms with Gasteiger partial charge in [-0.3, -0.25) is 9.69 Å². The van der Waals surface area contributed by atoms with Crippen molar-refractivity contribution in [2.24, 2.45) is 5.92 Å². The number of fused-ring (bicyclic) bond motifs is 4. The van der Waals surface area contributed by atoms with Crippen LogP contribution in [0.4, 0.5) is 11.4 Å². The van der Waals surface area contributed by atoms with Crippen molar-refractivity contribution in [3.05, 3.63) is 81.8 Å². The van der Waals surface area contributed by atoms with E-state index in [2.05, 4.69) is 32.6 Å². The molecule has 180 valence electrons. The number of thiocarbonyl (C=S) groups is 1.